The van der Waals surface area contributed by atoms with Gasteiger partial charge in [0, 0.05) is 19.2 Å². The second-order valence-corrected chi connectivity index (χ2v) is 3.71. The Labute approximate surface area is 89.3 Å². The first-order chi connectivity index (χ1) is 6.61. The number of carboxylic acids is 1. The van der Waals surface area contributed by atoms with Crippen molar-refractivity contribution in [1.29, 1.82) is 0 Å². The van der Waals surface area contributed by atoms with Crippen molar-refractivity contribution in [2.75, 3.05) is 0 Å². The van der Waals surface area contributed by atoms with Gasteiger partial charge in [0.05, 0.1) is 4.47 Å². The summed E-state index contributed by atoms with van der Waals surface area (Å²) in [6.45, 7) is 0.435. The molecule has 1 rings (SSSR count). The summed E-state index contributed by atoms with van der Waals surface area (Å²) in [6.07, 6.45) is 2.19. The van der Waals surface area contributed by atoms with Crippen molar-refractivity contribution in [3.05, 3.63) is 33.2 Å². The average Bonchev–Trinajstić information content (AvgIpc) is 2.12. The molecular weight excluding hydrogens is 250 g/mol. The lowest BCUT2D eigenvalue weighted by molar-refractivity contribution is -0.137. The second-order valence-electron chi connectivity index (χ2n) is 2.85. The Morgan fingerprint density at radius 1 is 1.57 bits per heavy atom. The zero-order chi connectivity index (χ0) is 10.6. The summed E-state index contributed by atoms with van der Waals surface area (Å²) in [5.41, 5.74) is -0.127. The molecule has 0 saturated carbocycles. The zero-order valence-electron chi connectivity index (χ0n) is 7.44. The third-order valence-corrected chi connectivity index (χ3v) is 2.37. The maximum atomic E-state index is 11.4. The molecule has 0 amide bonds. The number of aliphatic carboxylic acids is 1. The summed E-state index contributed by atoms with van der Waals surface area (Å²) in [6, 6.07) is 3.41. The molecular formula is C9H10BrNO3. The SMILES string of the molecule is O=C(O)CCCn1cccc(Br)c1=O. The minimum Gasteiger partial charge on any atom is -0.481 e. The van der Waals surface area contributed by atoms with Gasteiger partial charge in [-0.3, -0.25) is 9.59 Å². The number of halogens is 1. The van der Waals surface area contributed by atoms with Crippen LogP contribution in [0.25, 0.3) is 0 Å². The van der Waals surface area contributed by atoms with Crippen LogP contribution in [0.4, 0.5) is 0 Å². The molecule has 76 valence electrons. The topological polar surface area (TPSA) is 59.3 Å². The van der Waals surface area contributed by atoms with Crippen LogP contribution in [0.5, 0.6) is 0 Å². The van der Waals surface area contributed by atoms with Crippen molar-refractivity contribution in [2.45, 2.75) is 19.4 Å². The third-order valence-electron chi connectivity index (χ3n) is 1.76. The number of pyridine rings is 1. The van der Waals surface area contributed by atoms with Gasteiger partial charge in [0.25, 0.3) is 5.56 Å². The minimum atomic E-state index is -0.840. The highest BCUT2D eigenvalue weighted by Gasteiger charge is 2.01. The largest absolute Gasteiger partial charge is 0.481 e. The lowest BCUT2D eigenvalue weighted by atomic mass is 10.3. The lowest BCUT2D eigenvalue weighted by Crippen LogP contribution is -2.20. The predicted octanol–water partition coefficient (Wildman–Crippen LogP) is 1.48. The number of aryl methyl sites for hydroxylation is 1. The third kappa shape index (κ3) is 2.99. The standard InChI is InChI=1S/C9H10BrNO3/c10-7-3-1-5-11(9(7)14)6-2-4-8(12)13/h1,3,5H,2,4,6H2,(H,12,13). The molecule has 1 aromatic rings. The lowest BCUT2D eigenvalue weighted by Gasteiger charge is -2.03. The van der Waals surface area contributed by atoms with Gasteiger partial charge in [-0.25, -0.2) is 0 Å². The molecule has 0 saturated heterocycles. The van der Waals surface area contributed by atoms with Gasteiger partial charge in [0.2, 0.25) is 0 Å². The van der Waals surface area contributed by atoms with Gasteiger partial charge in [-0.15, -0.1) is 0 Å². The van der Waals surface area contributed by atoms with Gasteiger partial charge >= 0.3 is 5.97 Å². The number of aromatic nitrogens is 1. The quantitative estimate of drug-likeness (QED) is 0.891. The van der Waals surface area contributed by atoms with E-state index in [-0.39, 0.29) is 12.0 Å². The molecule has 0 aliphatic rings. The molecule has 0 spiro atoms. The van der Waals surface area contributed by atoms with Gasteiger partial charge in [-0.1, -0.05) is 0 Å². The van der Waals surface area contributed by atoms with Crippen LogP contribution in [0.2, 0.25) is 0 Å². The molecule has 1 heterocycles. The maximum absolute atomic E-state index is 11.4. The summed E-state index contributed by atoms with van der Waals surface area (Å²) in [5, 5.41) is 8.42. The van der Waals surface area contributed by atoms with Crippen LogP contribution in [-0.2, 0) is 11.3 Å². The molecule has 1 aromatic heterocycles. The molecule has 5 heteroatoms. The van der Waals surface area contributed by atoms with E-state index in [1.165, 1.54) is 4.57 Å². The Kier molecular flexibility index (Phi) is 3.88. The smallest absolute Gasteiger partial charge is 0.303 e. The fraction of sp³-hybridized carbons (Fsp3) is 0.333. The fourth-order valence-electron chi connectivity index (χ4n) is 1.08. The van der Waals surface area contributed by atoms with Crippen LogP contribution in [0.3, 0.4) is 0 Å². The van der Waals surface area contributed by atoms with Crippen molar-refractivity contribution in [1.82, 2.24) is 4.57 Å². The second kappa shape index (κ2) is 4.95. The van der Waals surface area contributed by atoms with Crippen molar-refractivity contribution in [3.63, 3.8) is 0 Å². The van der Waals surface area contributed by atoms with Crippen LogP contribution in [0, 0.1) is 0 Å². The highest BCUT2D eigenvalue weighted by Crippen LogP contribution is 2.01. The molecule has 0 unspecified atom stereocenters. The molecule has 1 N–H and O–H groups in total. The summed E-state index contributed by atoms with van der Waals surface area (Å²) >= 11 is 3.12. The fourth-order valence-corrected chi connectivity index (χ4v) is 1.46. The van der Waals surface area contributed by atoms with E-state index >= 15 is 0 Å². The van der Waals surface area contributed by atoms with Crippen LogP contribution in [0.15, 0.2) is 27.6 Å². The number of carboxylic acid groups (broad SMARTS) is 1. The predicted molar refractivity (Wildman–Crippen MR) is 55.3 cm³/mol. The number of nitrogens with zero attached hydrogens (tertiary/aromatic N) is 1. The Balaban J connectivity index is 2.64. The summed E-state index contributed by atoms with van der Waals surface area (Å²) in [7, 11) is 0. The molecule has 0 aliphatic carbocycles. The average molecular weight is 260 g/mol. The van der Waals surface area contributed by atoms with E-state index in [2.05, 4.69) is 15.9 Å². The molecule has 0 fully saturated rings. The van der Waals surface area contributed by atoms with E-state index in [0.29, 0.717) is 17.4 Å². The van der Waals surface area contributed by atoms with Gasteiger partial charge in [0.1, 0.15) is 0 Å². The number of hydrogen-bond donors (Lipinski definition) is 1. The van der Waals surface area contributed by atoms with Gasteiger partial charge < -0.3 is 9.67 Å². The molecule has 0 bridgehead atoms. The first-order valence-electron chi connectivity index (χ1n) is 4.18. The van der Waals surface area contributed by atoms with Gasteiger partial charge in [0.15, 0.2) is 0 Å². The van der Waals surface area contributed by atoms with Crippen molar-refractivity contribution in [3.8, 4) is 0 Å². The number of rotatable bonds is 4. The highest BCUT2D eigenvalue weighted by atomic mass is 79.9. The number of carbonyl (C=O) groups is 1. The first-order valence-corrected chi connectivity index (χ1v) is 4.97. The summed E-state index contributed by atoms with van der Waals surface area (Å²) < 4.78 is 1.99. The Hall–Kier alpha value is -1.10. The Bertz CT molecular complexity index is 386. The van der Waals surface area contributed by atoms with Crippen LogP contribution in [-0.4, -0.2) is 15.6 Å². The summed E-state index contributed by atoms with van der Waals surface area (Å²) in [4.78, 5) is 21.7. The van der Waals surface area contributed by atoms with E-state index < -0.39 is 5.97 Å². The molecule has 0 aliphatic heterocycles. The Morgan fingerprint density at radius 2 is 2.29 bits per heavy atom. The van der Waals surface area contributed by atoms with Crippen LogP contribution < -0.4 is 5.56 Å². The van der Waals surface area contributed by atoms with E-state index in [1.54, 1.807) is 18.3 Å². The molecule has 4 nitrogen and oxygen atoms in total. The first kappa shape index (κ1) is 11.0. The van der Waals surface area contributed by atoms with E-state index in [1.807, 2.05) is 0 Å². The summed E-state index contributed by atoms with van der Waals surface area (Å²) in [5.74, 6) is -0.840. The van der Waals surface area contributed by atoms with Crippen molar-refractivity contribution < 1.29 is 9.90 Å². The van der Waals surface area contributed by atoms with E-state index in [9.17, 15) is 9.59 Å². The van der Waals surface area contributed by atoms with Gasteiger partial charge in [-0.2, -0.15) is 0 Å². The highest BCUT2D eigenvalue weighted by molar-refractivity contribution is 9.10. The molecule has 0 atom stereocenters. The van der Waals surface area contributed by atoms with Gasteiger partial charge in [-0.05, 0) is 34.5 Å². The number of hydrogen-bond acceptors (Lipinski definition) is 2. The maximum Gasteiger partial charge on any atom is 0.303 e. The van der Waals surface area contributed by atoms with Crippen LogP contribution >= 0.6 is 15.9 Å². The monoisotopic (exact) mass is 259 g/mol. The van der Waals surface area contributed by atoms with E-state index in [4.69, 9.17) is 5.11 Å². The van der Waals surface area contributed by atoms with Crippen molar-refractivity contribution >= 4 is 21.9 Å². The van der Waals surface area contributed by atoms with E-state index in [0.717, 1.165) is 0 Å². The normalized spacial score (nSPS) is 10.1. The molecule has 14 heavy (non-hydrogen) atoms. The molecule has 0 aromatic carbocycles. The molecule has 0 radical (unpaired) electrons. The van der Waals surface area contributed by atoms with Crippen LogP contribution in [0.1, 0.15) is 12.8 Å². The zero-order valence-corrected chi connectivity index (χ0v) is 9.03. The minimum absolute atomic E-state index is 0.0823. The van der Waals surface area contributed by atoms with Crippen molar-refractivity contribution in [2.24, 2.45) is 0 Å². The Morgan fingerprint density at radius 3 is 2.93 bits per heavy atom.